The Morgan fingerprint density at radius 2 is 1.30 bits per heavy atom. The molecular weight excluding hydrogens is 1580 g/mol. The maximum absolute atomic E-state index is 14.7. The molecule has 38 heteroatoms. The quantitative estimate of drug-likeness (QED) is 0.0196. The van der Waals surface area contributed by atoms with E-state index in [4.69, 9.17) is 59.1 Å². The van der Waals surface area contributed by atoms with Crippen molar-refractivity contribution in [3.8, 4) is 12.3 Å². The summed E-state index contributed by atoms with van der Waals surface area (Å²) in [6.07, 6.45) is 3.19. The first kappa shape index (κ1) is 104. The van der Waals surface area contributed by atoms with E-state index < -0.39 is 153 Å². The molecule has 2 aromatic rings. The number of likely N-dealkylation sites (tertiary alicyclic amines) is 1. The van der Waals surface area contributed by atoms with Crippen molar-refractivity contribution in [1.82, 2.24) is 57.2 Å². The highest BCUT2D eigenvalue weighted by molar-refractivity contribution is 7.47. The molecule has 120 heavy (non-hydrogen) atoms. The number of nitrogens with zero attached hydrogens (tertiary/aromatic N) is 3. The van der Waals surface area contributed by atoms with Crippen LogP contribution in [0.1, 0.15) is 144 Å². The lowest BCUT2D eigenvalue weighted by Gasteiger charge is -2.41. The summed E-state index contributed by atoms with van der Waals surface area (Å²) in [5.41, 5.74) is 6.27. The largest absolute Gasteiger partial charge is 0.473 e. The number of nitrogens with one attached hydrogen (secondary N) is 9. The third-order valence-electron chi connectivity index (χ3n) is 20.5. The van der Waals surface area contributed by atoms with Crippen LogP contribution in [0, 0.1) is 41.9 Å². The first-order valence-electron chi connectivity index (χ1n) is 41.0. The fourth-order valence-corrected chi connectivity index (χ4v) is 15.0. The normalized spacial score (nSPS) is 17.6. The molecule has 2 heterocycles. The molecule has 1 unspecified atom stereocenters. The summed E-state index contributed by atoms with van der Waals surface area (Å²) in [4.78, 5) is 179. The van der Waals surface area contributed by atoms with Gasteiger partial charge < -0.3 is 106 Å². The van der Waals surface area contributed by atoms with Crippen molar-refractivity contribution < 1.29 is 114 Å². The van der Waals surface area contributed by atoms with Gasteiger partial charge in [-0.15, -0.1) is 6.42 Å². The van der Waals surface area contributed by atoms with Crippen molar-refractivity contribution in [1.29, 1.82) is 0 Å². The van der Waals surface area contributed by atoms with Crippen LogP contribution in [0.15, 0.2) is 54.6 Å². The van der Waals surface area contributed by atoms with Crippen molar-refractivity contribution >= 4 is 84.6 Å². The highest BCUT2D eigenvalue weighted by atomic mass is 31.2. The van der Waals surface area contributed by atoms with Gasteiger partial charge in [0.25, 0.3) is 0 Å². The van der Waals surface area contributed by atoms with E-state index in [2.05, 4.69) is 53.8 Å². The number of anilines is 1. The van der Waals surface area contributed by atoms with E-state index in [1.807, 2.05) is 60.5 Å². The predicted molar refractivity (Wildman–Crippen MR) is 443 cm³/mol. The molecule has 0 bridgehead atoms. The Morgan fingerprint density at radius 3 is 1.87 bits per heavy atom. The van der Waals surface area contributed by atoms with E-state index in [-0.39, 0.29) is 165 Å². The van der Waals surface area contributed by atoms with E-state index in [1.54, 1.807) is 74.9 Å². The number of rotatable bonds is 58. The van der Waals surface area contributed by atoms with Crippen molar-refractivity contribution in [2.24, 2.45) is 35.3 Å². The molecule has 4 rings (SSSR count). The number of urea groups is 1. The molecule has 0 aromatic heterocycles. The number of cyclic esters (lactones) is 1. The molecule has 2 saturated heterocycles. The third-order valence-corrected chi connectivity index (χ3v) is 21.4. The molecule has 674 valence electrons. The van der Waals surface area contributed by atoms with E-state index in [0.717, 1.165) is 0 Å². The standard InChI is InChI=1S/C82H132N13O24P/c1-17-37-116-50-67(98)84-35-40-113-42-44-115-46-45-114-43-41-112-38-33-65(96)89-62(47-66(97)88-61-32-39-117-81(61)106)77(102)91-69(51(3)4)78(103)90-60(26-22-34-85-82(83)107)76(101)87-59-30-28-57(29-31-59)49-118-120(108,109)119-74(58-24-20-19-21-25-58)56(11)86-75(100)55(10)73(111-16)63-27-23-36-95(63)68(99)48-64(110-15)72(54(9)18-2)94(14)80(105)70(52(5)6)92-79(104)71(53(7)8)93(12)13/h1,19-21,24-25,28-31,51-56,60-64,69-74H,18,22-23,26-27,32-50H2,2-16H3,(H,84,98)(H,86,100)(H,87,101)(H,88,97)(H,89,96)(H,90,103)(H,91,102)(H,92,104)(H,108,109)(H3,83,85,107)/t54-,55+,56+,60-,61-,62-,63-,64+,69-,70-,71-,72-,73+,74+/m0/s1. The minimum atomic E-state index is -4.99. The Balaban J connectivity index is 1.39. The van der Waals surface area contributed by atoms with Crippen molar-refractivity contribution in [3.63, 3.8) is 0 Å². The average molecular weight is 1710 g/mol. The Labute approximate surface area is 705 Å². The van der Waals surface area contributed by atoms with Gasteiger partial charge in [0.1, 0.15) is 49.5 Å². The first-order valence-corrected chi connectivity index (χ1v) is 42.5. The van der Waals surface area contributed by atoms with Crippen LogP contribution in [-0.2, 0) is 111 Å². The monoisotopic (exact) mass is 1710 g/mol. The number of amides is 12. The van der Waals surface area contributed by atoms with Gasteiger partial charge in [0.2, 0.25) is 59.1 Å². The number of carbonyl (C=O) groups excluding carboxylic acids is 12. The summed E-state index contributed by atoms with van der Waals surface area (Å²) in [5, 5.41) is 24.1. The lowest BCUT2D eigenvalue weighted by atomic mass is 9.89. The van der Waals surface area contributed by atoms with Gasteiger partial charge >= 0.3 is 19.8 Å². The zero-order valence-corrected chi connectivity index (χ0v) is 73.2. The number of nitrogens with two attached hydrogens (primary N) is 1. The number of phosphoric ester groups is 1. The maximum Gasteiger partial charge on any atom is 0.473 e. The molecule has 15 atom stereocenters. The first-order chi connectivity index (χ1) is 57.0. The smallest absolute Gasteiger partial charge is 0.464 e. The highest BCUT2D eigenvalue weighted by Gasteiger charge is 2.45. The summed E-state index contributed by atoms with van der Waals surface area (Å²) in [5.74, 6) is -6.08. The number of esters is 1. The van der Waals surface area contributed by atoms with Gasteiger partial charge in [-0.25, -0.2) is 14.2 Å². The Bertz CT molecular complexity index is 3640. The Morgan fingerprint density at radius 1 is 0.675 bits per heavy atom. The van der Waals surface area contributed by atoms with Crippen LogP contribution in [0.25, 0.3) is 0 Å². The van der Waals surface area contributed by atoms with Gasteiger partial charge in [-0.1, -0.05) is 117 Å². The number of likely N-dealkylation sites (N-methyl/N-ethyl adjacent to an activating group) is 2. The van der Waals surface area contributed by atoms with Crippen LogP contribution in [0.2, 0.25) is 0 Å². The summed E-state index contributed by atoms with van der Waals surface area (Å²) in [6.45, 7) is 19.7. The molecular formula is C82H132N13O24P. The van der Waals surface area contributed by atoms with Crippen LogP contribution in [0.3, 0.4) is 0 Å². The second-order valence-electron chi connectivity index (χ2n) is 31.0. The van der Waals surface area contributed by atoms with Crippen LogP contribution < -0.4 is 53.6 Å². The van der Waals surface area contributed by atoms with Crippen molar-refractivity contribution in [2.45, 2.75) is 206 Å². The number of carbonyl (C=O) groups is 12. The number of hydrogen-bond donors (Lipinski definition) is 11. The fourth-order valence-electron chi connectivity index (χ4n) is 14.0. The molecule has 2 aromatic carbocycles. The Kier molecular flexibility index (Phi) is 47.1. The Hall–Kier alpha value is -8.77. The molecule has 12 amide bonds. The minimum absolute atomic E-state index is 0.00296. The number of terminal acetylenes is 1. The SMILES string of the molecule is C#CCOCC(=O)NCCOCCOCCOCCOCCC(=O)N[C@@H](CC(=O)N[C@H]1CCOC1=O)C(=O)N[C@H](C(=O)N[C@@H](CCCNC(N)=O)C(=O)Nc1ccc(COP(=O)(O)O[C@@H](c2ccccc2)[C@@H](C)NC(=O)[C@H](C)[C@@H](OC)[C@@H]2CCCN2C(=O)C[C@@H](OC)[C@H]([C@@H](C)CC)N(C)C(=O)[C@@H](NC(=O)[C@H](C(C)C)N(C)C)C(C)C)cc1)C(C)C. The summed E-state index contributed by atoms with van der Waals surface area (Å²) < 4.78 is 69.5. The topological polar surface area (TPSA) is 478 Å². The van der Waals surface area contributed by atoms with Gasteiger partial charge in [0.05, 0.1) is 121 Å². The lowest BCUT2D eigenvalue weighted by Crippen LogP contribution is -2.59. The van der Waals surface area contributed by atoms with E-state index in [1.165, 1.54) is 38.5 Å². The minimum Gasteiger partial charge on any atom is -0.464 e. The van der Waals surface area contributed by atoms with Gasteiger partial charge in [0.15, 0.2) is 0 Å². The third kappa shape index (κ3) is 36.1. The summed E-state index contributed by atoms with van der Waals surface area (Å²) in [6, 6.07) is 4.79. The van der Waals surface area contributed by atoms with Crippen molar-refractivity contribution in [2.75, 3.05) is 133 Å². The molecule has 2 aliphatic rings. The summed E-state index contributed by atoms with van der Waals surface area (Å²) in [7, 11) is 3.29. The van der Waals surface area contributed by atoms with E-state index >= 15 is 0 Å². The molecule has 12 N–H and O–H groups in total. The molecule has 2 aliphatic heterocycles. The van der Waals surface area contributed by atoms with Gasteiger partial charge in [-0.3, -0.25) is 61.9 Å². The number of hydrogen-bond acceptors (Lipinski definition) is 24. The zero-order chi connectivity index (χ0) is 89.2. The number of primary amides is 1. The number of methoxy groups -OCH3 is 2. The molecule has 0 saturated carbocycles. The second-order valence-corrected chi connectivity index (χ2v) is 32.4. The van der Waals surface area contributed by atoms with Gasteiger partial charge in [0, 0.05) is 59.4 Å². The number of phosphoric acid groups is 1. The highest BCUT2D eigenvalue weighted by Crippen LogP contribution is 2.49. The lowest BCUT2D eigenvalue weighted by molar-refractivity contribution is -0.148. The van der Waals surface area contributed by atoms with Crippen LogP contribution in [0.5, 0.6) is 0 Å². The van der Waals surface area contributed by atoms with E-state index in [9.17, 15) is 67.0 Å². The molecule has 0 spiro atoms. The maximum atomic E-state index is 14.7. The fraction of sp³-hybridized carbons (Fsp3) is 0.683. The molecule has 0 aliphatic carbocycles. The van der Waals surface area contributed by atoms with Crippen LogP contribution >= 0.6 is 7.82 Å². The summed E-state index contributed by atoms with van der Waals surface area (Å²) >= 11 is 0. The molecule has 37 nitrogen and oxygen atoms in total. The average Bonchev–Trinajstić information content (AvgIpc) is 1.44. The van der Waals surface area contributed by atoms with Gasteiger partial charge in [-0.05, 0) is 93.6 Å². The van der Waals surface area contributed by atoms with E-state index in [0.29, 0.717) is 36.9 Å². The van der Waals surface area contributed by atoms with Crippen LogP contribution in [0.4, 0.5) is 10.5 Å². The number of ether oxygens (including phenoxy) is 8. The predicted octanol–water partition coefficient (Wildman–Crippen LogP) is 2.76. The second kappa shape index (κ2) is 54.6. The zero-order valence-electron chi connectivity index (χ0n) is 72.3. The molecule has 0 radical (unpaired) electrons. The van der Waals surface area contributed by atoms with Crippen molar-refractivity contribution in [3.05, 3.63) is 65.7 Å². The van der Waals surface area contributed by atoms with Crippen LogP contribution in [-0.4, -0.2) is 285 Å². The number of benzene rings is 2. The molecule has 2 fully saturated rings. The van der Waals surface area contributed by atoms with Gasteiger partial charge in [-0.2, -0.15) is 0 Å².